The molecule has 6 rings (SSSR count). The number of hydrogen-bond acceptors (Lipinski definition) is 5. The summed E-state index contributed by atoms with van der Waals surface area (Å²) in [5.74, 6) is -3.27. The molecule has 3 aromatic heterocycles. The summed E-state index contributed by atoms with van der Waals surface area (Å²) >= 11 is 6.00. The Bertz CT molecular complexity index is 1150. The first kappa shape index (κ1) is 19.2. The molecule has 0 spiro atoms. The molecule has 0 radical (unpaired) electrons. The Morgan fingerprint density at radius 1 is 1.17 bits per heavy atom. The van der Waals surface area contributed by atoms with E-state index in [1.807, 2.05) is 0 Å². The first-order chi connectivity index (χ1) is 14.4. The lowest BCUT2D eigenvalue weighted by Gasteiger charge is -2.47. The van der Waals surface area contributed by atoms with E-state index < -0.39 is 29.6 Å². The summed E-state index contributed by atoms with van der Waals surface area (Å²) in [5, 5.41) is 20.2. The second-order valence-corrected chi connectivity index (χ2v) is 8.42. The molecular weight excluding hydrogens is 416 g/mol. The van der Waals surface area contributed by atoms with Crippen molar-refractivity contribution in [2.24, 2.45) is 17.8 Å². The second kappa shape index (κ2) is 7.16. The van der Waals surface area contributed by atoms with Gasteiger partial charge in [-0.15, -0.1) is 0 Å². The van der Waals surface area contributed by atoms with Crippen LogP contribution < -0.4 is 5.32 Å². The number of rotatable bonds is 4. The number of carbonyl (C=O) groups is 1. The van der Waals surface area contributed by atoms with E-state index in [2.05, 4.69) is 25.5 Å². The van der Waals surface area contributed by atoms with E-state index in [0.717, 1.165) is 31.7 Å². The van der Waals surface area contributed by atoms with Gasteiger partial charge in [0.05, 0.1) is 16.6 Å². The van der Waals surface area contributed by atoms with Crippen LogP contribution in [0.1, 0.15) is 25.7 Å². The number of aromatic nitrogens is 4. The predicted octanol–water partition coefficient (Wildman–Crippen LogP) is 4.25. The van der Waals surface area contributed by atoms with Crippen LogP contribution in [0, 0.1) is 29.4 Å². The minimum absolute atomic E-state index is 0.0535. The minimum atomic E-state index is -0.898. The number of anilines is 1. The number of aromatic amines is 1. The second-order valence-electron chi connectivity index (χ2n) is 7.98. The van der Waals surface area contributed by atoms with Crippen molar-refractivity contribution in [1.82, 2.24) is 20.2 Å². The van der Waals surface area contributed by atoms with Gasteiger partial charge in [-0.2, -0.15) is 5.10 Å². The SMILES string of the molecule is O=C(O)[C@H]1C2CCC(CC2)C1Nc1nc(-c2[nH]nc3ncc(Cl)cc23)c(F)cc1F. The van der Waals surface area contributed by atoms with E-state index in [-0.39, 0.29) is 29.0 Å². The zero-order valence-corrected chi connectivity index (χ0v) is 16.5. The van der Waals surface area contributed by atoms with Crippen LogP contribution in [0.4, 0.5) is 14.6 Å². The fraction of sp³-hybridized carbons (Fsp3) is 0.400. The van der Waals surface area contributed by atoms with Gasteiger partial charge in [-0.1, -0.05) is 11.6 Å². The highest BCUT2D eigenvalue weighted by atomic mass is 35.5. The number of pyridine rings is 2. The van der Waals surface area contributed by atoms with Gasteiger partial charge in [-0.25, -0.2) is 18.7 Å². The molecule has 3 fully saturated rings. The summed E-state index contributed by atoms with van der Waals surface area (Å²) < 4.78 is 29.2. The average molecular weight is 434 g/mol. The minimum Gasteiger partial charge on any atom is -0.481 e. The van der Waals surface area contributed by atoms with Crippen LogP contribution in [0.25, 0.3) is 22.4 Å². The number of aliphatic carboxylic acids is 1. The van der Waals surface area contributed by atoms with Crippen molar-refractivity contribution < 1.29 is 18.7 Å². The summed E-state index contributed by atoms with van der Waals surface area (Å²) in [7, 11) is 0. The van der Waals surface area contributed by atoms with Crippen molar-refractivity contribution in [3.63, 3.8) is 0 Å². The number of carboxylic acids is 1. The lowest BCUT2D eigenvalue weighted by Crippen LogP contribution is -2.51. The molecule has 10 heteroatoms. The van der Waals surface area contributed by atoms with Gasteiger partial charge in [0.25, 0.3) is 0 Å². The van der Waals surface area contributed by atoms with Crippen LogP contribution in [0.5, 0.6) is 0 Å². The van der Waals surface area contributed by atoms with Gasteiger partial charge in [-0.3, -0.25) is 9.89 Å². The molecule has 2 bridgehead atoms. The molecule has 30 heavy (non-hydrogen) atoms. The van der Waals surface area contributed by atoms with E-state index in [4.69, 9.17) is 11.6 Å². The van der Waals surface area contributed by atoms with Gasteiger partial charge in [0.1, 0.15) is 5.69 Å². The summed E-state index contributed by atoms with van der Waals surface area (Å²) in [6.07, 6.45) is 4.91. The number of H-pyrrole nitrogens is 1. The first-order valence-corrected chi connectivity index (χ1v) is 10.2. The molecule has 3 N–H and O–H groups in total. The lowest BCUT2D eigenvalue weighted by atomic mass is 9.61. The smallest absolute Gasteiger partial charge is 0.308 e. The van der Waals surface area contributed by atoms with Crippen molar-refractivity contribution in [2.45, 2.75) is 31.7 Å². The summed E-state index contributed by atoms with van der Waals surface area (Å²) in [6, 6.07) is 1.86. The average Bonchev–Trinajstić information content (AvgIpc) is 3.13. The molecule has 0 amide bonds. The number of halogens is 3. The molecule has 3 aliphatic carbocycles. The number of nitrogens with one attached hydrogen (secondary N) is 2. The van der Waals surface area contributed by atoms with Gasteiger partial charge >= 0.3 is 5.97 Å². The molecule has 3 aromatic rings. The van der Waals surface area contributed by atoms with E-state index in [0.29, 0.717) is 16.1 Å². The normalized spacial score (nSPS) is 25.6. The zero-order valence-electron chi connectivity index (χ0n) is 15.7. The van der Waals surface area contributed by atoms with Gasteiger partial charge in [0.15, 0.2) is 23.1 Å². The molecule has 0 aliphatic heterocycles. The predicted molar refractivity (Wildman–Crippen MR) is 106 cm³/mol. The van der Waals surface area contributed by atoms with Crippen LogP contribution in [0.15, 0.2) is 18.3 Å². The third kappa shape index (κ3) is 3.08. The maximum absolute atomic E-state index is 14.6. The summed E-state index contributed by atoms with van der Waals surface area (Å²) in [5.41, 5.74) is 0.406. The monoisotopic (exact) mass is 433 g/mol. The highest BCUT2D eigenvalue weighted by Gasteiger charge is 2.47. The van der Waals surface area contributed by atoms with Gasteiger partial charge in [0.2, 0.25) is 0 Å². The van der Waals surface area contributed by atoms with Crippen molar-refractivity contribution in [1.29, 1.82) is 0 Å². The van der Waals surface area contributed by atoms with Gasteiger partial charge < -0.3 is 10.4 Å². The number of nitrogens with zero attached hydrogens (tertiary/aromatic N) is 3. The molecule has 3 aliphatic rings. The van der Waals surface area contributed by atoms with Crippen LogP contribution in [0.2, 0.25) is 5.02 Å². The molecule has 156 valence electrons. The van der Waals surface area contributed by atoms with E-state index in [1.165, 1.54) is 6.20 Å². The van der Waals surface area contributed by atoms with Crippen LogP contribution in [0.3, 0.4) is 0 Å². The fourth-order valence-corrected chi connectivity index (χ4v) is 5.13. The Kier molecular flexibility index (Phi) is 4.57. The van der Waals surface area contributed by atoms with Crippen LogP contribution in [-0.2, 0) is 4.79 Å². The Morgan fingerprint density at radius 2 is 1.90 bits per heavy atom. The molecule has 0 aromatic carbocycles. The van der Waals surface area contributed by atoms with Crippen molar-refractivity contribution >= 4 is 34.4 Å². The Hall–Kier alpha value is -2.81. The molecule has 3 saturated carbocycles. The van der Waals surface area contributed by atoms with Crippen LogP contribution >= 0.6 is 11.6 Å². The summed E-state index contributed by atoms with van der Waals surface area (Å²) in [6.45, 7) is 0. The van der Waals surface area contributed by atoms with Gasteiger partial charge in [-0.05, 0) is 43.6 Å². The van der Waals surface area contributed by atoms with Crippen molar-refractivity contribution in [3.05, 3.63) is 35.0 Å². The largest absolute Gasteiger partial charge is 0.481 e. The maximum atomic E-state index is 14.6. The molecule has 2 atom stereocenters. The Balaban J connectivity index is 1.55. The van der Waals surface area contributed by atoms with Crippen molar-refractivity contribution in [3.8, 4) is 11.4 Å². The maximum Gasteiger partial charge on any atom is 0.308 e. The highest BCUT2D eigenvalue weighted by Crippen LogP contribution is 2.46. The highest BCUT2D eigenvalue weighted by molar-refractivity contribution is 6.31. The van der Waals surface area contributed by atoms with Crippen molar-refractivity contribution in [2.75, 3.05) is 5.32 Å². The lowest BCUT2D eigenvalue weighted by molar-refractivity contribution is -0.148. The number of carboxylic acid groups (broad SMARTS) is 1. The third-order valence-corrected chi connectivity index (χ3v) is 6.56. The third-order valence-electron chi connectivity index (χ3n) is 6.35. The first-order valence-electron chi connectivity index (χ1n) is 9.77. The van der Waals surface area contributed by atoms with Gasteiger partial charge in [0, 0.05) is 23.7 Å². The topological polar surface area (TPSA) is 104 Å². The fourth-order valence-electron chi connectivity index (χ4n) is 4.97. The Morgan fingerprint density at radius 3 is 2.63 bits per heavy atom. The summed E-state index contributed by atoms with van der Waals surface area (Å²) in [4.78, 5) is 20.1. The standard InChI is InChI=1S/C20H18ClF2N5O2/c21-10-5-11-16(27-28-18(11)24-7-10)17-12(22)6-13(23)19(26-17)25-15-9-3-1-8(2-4-9)14(15)20(29)30/h5-9,14-15H,1-4H2,(H,25,26)(H,29,30)(H,24,27,28)/t8?,9?,14-,15?/m0/s1. The van der Waals surface area contributed by atoms with Crippen LogP contribution in [-0.4, -0.2) is 37.3 Å². The molecule has 1 unspecified atom stereocenters. The number of fused-ring (bicyclic) bond motifs is 4. The molecular formula is C20H18ClF2N5O2. The quantitative estimate of drug-likeness (QED) is 0.568. The molecule has 0 saturated heterocycles. The molecule has 3 heterocycles. The molecule has 7 nitrogen and oxygen atoms in total. The number of hydrogen-bond donors (Lipinski definition) is 3. The Labute approximate surface area is 174 Å². The van der Waals surface area contributed by atoms with E-state index >= 15 is 0 Å². The zero-order chi connectivity index (χ0) is 21.0. The van der Waals surface area contributed by atoms with E-state index in [1.54, 1.807) is 6.07 Å². The van der Waals surface area contributed by atoms with E-state index in [9.17, 15) is 18.7 Å².